The zero-order valence-corrected chi connectivity index (χ0v) is 10.8. The van der Waals surface area contributed by atoms with E-state index in [-0.39, 0.29) is 12.0 Å². The molecule has 1 aliphatic rings. The summed E-state index contributed by atoms with van der Waals surface area (Å²) < 4.78 is 4.75. The number of nitrogens with zero attached hydrogens (tertiary/aromatic N) is 1. The Hall–Kier alpha value is -0.610. The van der Waals surface area contributed by atoms with Crippen LogP contribution in [0.3, 0.4) is 0 Å². The number of likely N-dealkylation sites (N-methyl/N-ethyl adjacent to an activating group) is 1. The molecule has 1 N–H and O–H groups in total. The smallest absolute Gasteiger partial charge is 0.322 e. The van der Waals surface area contributed by atoms with Crippen molar-refractivity contribution in [2.45, 2.75) is 38.8 Å². The number of methoxy groups -OCH3 is 1. The van der Waals surface area contributed by atoms with Crippen LogP contribution in [0, 0.1) is 5.92 Å². The maximum atomic E-state index is 11.4. The lowest BCUT2D eigenvalue weighted by molar-refractivity contribution is -0.143. The SMILES string of the molecule is CNC(CCN1CC(C)CC1C)C(=O)OC. The topological polar surface area (TPSA) is 41.6 Å². The highest BCUT2D eigenvalue weighted by atomic mass is 16.5. The minimum atomic E-state index is -0.173. The van der Waals surface area contributed by atoms with Crippen LogP contribution in [-0.2, 0) is 9.53 Å². The summed E-state index contributed by atoms with van der Waals surface area (Å²) in [6.45, 7) is 6.66. The summed E-state index contributed by atoms with van der Waals surface area (Å²) in [6, 6.07) is 0.471. The van der Waals surface area contributed by atoms with Crippen LogP contribution in [0.5, 0.6) is 0 Å². The highest BCUT2D eigenvalue weighted by Gasteiger charge is 2.27. The summed E-state index contributed by atoms with van der Waals surface area (Å²) in [6.07, 6.45) is 2.09. The van der Waals surface area contributed by atoms with Gasteiger partial charge in [-0.15, -0.1) is 0 Å². The van der Waals surface area contributed by atoms with Crippen molar-refractivity contribution >= 4 is 5.97 Å². The van der Waals surface area contributed by atoms with Gasteiger partial charge in [-0.25, -0.2) is 0 Å². The Morgan fingerprint density at radius 3 is 2.69 bits per heavy atom. The first kappa shape index (κ1) is 13.5. The highest BCUT2D eigenvalue weighted by molar-refractivity contribution is 5.75. The van der Waals surface area contributed by atoms with Gasteiger partial charge in [0.25, 0.3) is 0 Å². The summed E-state index contributed by atoms with van der Waals surface area (Å²) in [4.78, 5) is 13.8. The van der Waals surface area contributed by atoms with Crippen LogP contribution in [0.15, 0.2) is 0 Å². The molecule has 4 nitrogen and oxygen atoms in total. The van der Waals surface area contributed by atoms with Crippen LogP contribution in [0.25, 0.3) is 0 Å². The van der Waals surface area contributed by atoms with Crippen molar-refractivity contribution < 1.29 is 9.53 Å². The van der Waals surface area contributed by atoms with Gasteiger partial charge in [-0.3, -0.25) is 4.79 Å². The monoisotopic (exact) mass is 228 g/mol. The van der Waals surface area contributed by atoms with E-state index in [9.17, 15) is 4.79 Å². The Kier molecular flexibility index (Phi) is 5.22. The summed E-state index contributed by atoms with van der Waals surface area (Å²) >= 11 is 0. The highest BCUT2D eigenvalue weighted by Crippen LogP contribution is 2.22. The third-order valence-electron chi connectivity index (χ3n) is 3.45. The first-order chi connectivity index (χ1) is 7.58. The van der Waals surface area contributed by atoms with Crippen molar-refractivity contribution in [2.75, 3.05) is 27.2 Å². The molecule has 0 radical (unpaired) electrons. The molecule has 1 heterocycles. The Morgan fingerprint density at radius 2 is 2.25 bits per heavy atom. The van der Waals surface area contributed by atoms with Gasteiger partial charge in [0.2, 0.25) is 0 Å². The van der Waals surface area contributed by atoms with Crippen LogP contribution in [0.1, 0.15) is 26.7 Å². The minimum absolute atomic E-state index is 0.164. The summed E-state index contributed by atoms with van der Waals surface area (Å²) in [5.41, 5.74) is 0. The van der Waals surface area contributed by atoms with Gasteiger partial charge >= 0.3 is 5.97 Å². The molecule has 1 rings (SSSR count). The number of ether oxygens (including phenoxy) is 1. The second-order valence-corrected chi connectivity index (χ2v) is 4.84. The van der Waals surface area contributed by atoms with Crippen LogP contribution >= 0.6 is 0 Å². The van der Waals surface area contributed by atoms with E-state index in [0.29, 0.717) is 6.04 Å². The van der Waals surface area contributed by atoms with Crippen molar-refractivity contribution in [2.24, 2.45) is 5.92 Å². The van der Waals surface area contributed by atoms with Crippen molar-refractivity contribution in [1.29, 1.82) is 0 Å². The largest absolute Gasteiger partial charge is 0.468 e. The third kappa shape index (κ3) is 3.46. The zero-order valence-electron chi connectivity index (χ0n) is 10.8. The molecule has 0 bridgehead atoms. The van der Waals surface area contributed by atoms with Crippen LogP contribution in [-0.4, -0.2) is 50.2 Å². The zero-order chi connectivity index (χ0) is 12.1. The van der Waals surface area contributed by atoms with Gasteiger partial charge in [0, 0.05) is 19.1 Å². The summed E-state index contributed by atoms with van der Waals surface area (Å²) in [5, 5.41) is 3.00. The van der Waals surface area contributed by atoms with Gasteiger partial charge in [-0.2, -0.15) is 0 Å². The average molecular weight is 228 g/mol. The van der Waals surface area contributed by atoms with Gasteiger partial charge in [0.15, 0.2) is 0 Å². The molecule has 16 heavy (non-hydrogen) atoms. The van der Waals surface area contributed by atoms with E-state index in [4.69, 9.17) is 4.74 Å². The Balaban J connectivity index is 2.35. The maximum absolute atomic E-state index is 11.4. The number of likely N-dealkylation sites (tertiary alicyclic amines) is 1. The van der Waals surface area contributed by atoms with Crippen LogP contribution in [0.2, 0.25) is 0 Å². The molecule has 1 saturated heterocycles. The van der Waals surface area contributed by atoms with E-state index in [1.165, 1.54) is 13.5 Å². The molecule has 3 unspecified atom stereocenters. The van der Waals surface area contributed by atoms with Crippen molar-refractivity contribution in [1.82, 2.24) is 10.2 Å². The average Bonchev–Trinajstić information content (AvgIpc) is 2.58. The fraction of sp³-hybridized carbons (Fsp3) is 0.917. The molecule has 0 saturated carbocycles. The quantitative estimate of drug-likeness (QED) is 0.709. The van der Waals surface area contributed by atoms with Crippen molar-refractivity contribution in [3.8, 4) is 0 Å². The third-order valence-corrected chi connectivity index (χ3v) is 3.45. The number of carbonyl (C=O) groups is 1. The molecule has 0 spiro atoms. The Labute approximate surface area is 98.3 Å². The standard InChI is InChI=1S/C12H24N2O2/c1-9-7-10(2)14(8-9)6-5-11(13-3)12(15)16-4/h9-11,13H,5-8H2,1-4H3. The van der Waals surface area contributed by atoms with E-state index in [2.05, 4.69) is 24.1 Å². The molecule has 3 atom stereocenters. The predicted molar refractivity (Wildman–Crippen MR) is 64.3 cm³/mol. The number of hydrogen-bond donors (Lipinski definition) is 1. The summed E-state index contributed by atoms with van der Waals surface area (Å²) in [5.74, 6) is 0.614. The maximum Gasteiger partial charge on any atom is 0.322 e. The first-order valence-electron chi connectivity index (χ1n) is 6.07. The van der Waals surface area contributed by atoms with Gasteiger partial charge < -0.3 is 15.0 Å². The van der Waals surface area contributed by atoms with E-state index >= 15 is 0 Å². The number of hydrogen-bond acceptors (Lipinski definition) is 4. The second-order valence-electron chi connectivity index (χ2n) is 4.84. The first-order valence-corrected chi connectivity index (χ1v) is 6.07. The fourth-order valence-electron chi connectivity index (χ4n) is 2.52. The van der Waals surface area contributed by atoms with E-state index in [0.717, 1.165) is 25.4 Å². The second kappa shape index (κ2) is 6.21. The van der Waals surface area contributed by atoms with Crippen LogP contribution in [0.4, 0.5) is 0 Å². The molecule has 0 aromatic rings. The minimum Gasteiger partial charge on any atom is -0.468 e. The van der Waals surface area contributed by atoms with Gasteiger partial charge in [0.05, 0.1) is 7.11 Å². The molecule has 0 amide bonds. The fourth-order valence-corrected chi connectivity index (χ4v) is 2.52. The molecular formula is C12H24N2O2. The lowest BCUT2D eigenvalue weighted by Crippen LogP contribution is -2.39. The number of rotatable bonds is 5. The van der Waals surface area contributed by atoms with Crippen molar-refractivity contribution in [3.05, 3.63) is 0 Å². The molecule has 0 aliphatic carbocycles. The van der Waals surface area contributed by atoms with Gasteiger partial charge in [-0.05, 0) is 32.7 Å². The molecule has 4 heteroatoms. The summed E-state index contributed by atoms with van der Waals surface area (Å²) in [7, 11) is 3.24. The van der Waals surface area contributed by atoms with Gasteiger partial charge in [-0.1, -0.05) is 6.92 Å². The van der Waals surface area contributed by atoms with E-state index < -0.39 is 0 Å². The number of carbonyl (C=O) groups excluding carboxylic acids is 1. The Bertz CT molecular complexity index is 233. The number of nitrogens with one attached hydrogen (secondary N) is 1. The molecule has 94 valence electrons. The number of esters is 1. The Morgan fingerprint density at radius 1 is 1.56 bits per heavy atom. The van der Waals surface area contributed by atoms with E-state index in [1.54, 1.807) is 7.05 Å². The molecule has 0 aromatic carbocycles. The van der Waals surface area contributed by atoms with E-state index in [1.807, 2.05) is 0 Å². The van der Waals surface area contributed by atoms with Crippen LogP contribution < -0.4 is 5.32 Å². The van der Waals surface area contributed by atoms with Gasteiger partial charge in [0.1, 0.15) is 6.04 Å². The molecular weight excluding hydrogens is 204 g/mol. The lowest BCUT2D eigenvalue weighted by atomic mass is 10.1. The molecule has 1 aliphatic heterocycles. The predicted octanol–water partition coefficient (Wildman–Crippen LogP) is 0.868. The molecule has 0 aromatic heterocycles. The van der Waals surface area contributed by atoms with Crippen molar-refractivity contribution in [3.63, 3.8) is 0 Å². The lowest BCUT2D eigenvalue weighted by Gasteiger charge is -2.23. The normalized spacial score (nSPS) is 28.0. The molecule has 1 fully saturated rings.